The molecular formula is C12H9BrClFOS. The third-order valence-corrected chi connectivity index (χ3v) is 3.99. The zero-order valence-corrected chi connectivity index (χ0v) is 11.9. The Bertz CT molecular complexity index is 515. The van der Waals surface area contributed by atoms with Gasteiger partial charge in [-0.3, -0.25) is 0 Å². The van der Waals surface area contributed by atoms with Crippen LogP contribution in [0.1, 0.15) is 10.4 Å². The van der Waals surface area contributed by atoms with Crippen LogP contribution >= 0.6 is 38.9 Å². The molecule has 0 N–H and O–H groups in total. The Kier molecular flexibility index (Phi) is 4.42. The van der Waals surface area contributed by atoms with Gasteiger partial charge in [0, 0.05) is 15.8 Å². The zero-order chi connectivity index (χ0) is 12.3. The second-order valence-electron chi connectivity index (χ2n) is 3.36. The third kappa shape index (κ3) is 3.21. The van der Waals surface area contributed by atoms with Crippen molar-refractivity contribution in [3.63, 3.8) is 0 Å². The monoisotopic (exact) mass is 334 g/mol. The molecule has 0 fully saturated rings. The Balaban J connectivity index is 2.13. The van der Waals surface area contributed by atoms with Crippen LogP contribution in [0.4, 0.5) is 4.39 Å². The lowest BCUT2D eigenvalue weighted by molar-refractivity contribution is 0.291. The van der Waals surface area contributed by atoms with E-state index in [4.69, 9.17) is 16.3 Å². The standard InChI is InChI=1S/C12H9BrClFOS/c13-6-8-2-1-3-10(15)12(8)16-7-9-4-5-11(14)17-9/h1-5H,6-7H2. The largest absolute Gasteiger partial charge is 0.485 e. The number of rotatable bonds is 4. The molecule has 0 aliphatic heterocycles. The van der Waals surface area contributed by atoms with Gasteiger partial charge in [0.15, 0.2) is 11.6 Å². The van der Waals surface area contributed by atoms with Crippen LogP contribution in [0.25, 0.3) is 0 Å². The van der Waals surface area contributed by atoms with Gasteiger partial charge in [0.2, 0.25) is 0 Å². The minimum absolute atomic E-state index is 0.300. The van der Waals surface area contributed by atoms with Gasteiger partial charge in [-0.05, 0) is 18.2 Å². The number of alkyl halides is 1. The highest BCUT2D eigenvalue weighted by atomic mass is 79.9. The van der Waals surface area contributed by atoms with Gasteiger partial charge in [-0.25, -0.2) is 4.39 Å². The highest BCUT2D eigenvalue weighted by Crippen LogP contribution is 2.27. The molecule has 0 atom stereocenters. The van der Waals surface area contributed by atoms with Crippen molar-refractivity contribution in [3.05, 3.63) is 50.9 Å². The summed E-state index contributed by atoms with van der Waals surface area (Å²) in [5.74, 6) is -0.0431. The average Bonchev–Trinajstić information content (AvgIpc) is 2.73. The number of ether oxygens (including phenoxy) is 1. The third-order valence-electron chi connectivity index (χ3n) is 2.18. The fourth-order valence-corrected chi connectivity index (χ4v) is 2.84. The van der Waals surface area contributed by atoms with Crippen molar-refractivity contribution in [2.75, 3.05) is 0 Å². The molecular weight excluding hydrogens is 327 g/mol. The molecule has 1 aromatic carbocycles. The molecule has 0 aliphatic rings. The number of hydrogen-bond donors (Lipinski definition) is 0. The van der Waals surface area contributed by atoms with Crippen molar-refractivity contribution in [1.29, 1.82) is 0 Å². The fraction of sp³-hybridized carbons (Fsp3) is 0.167. The lowest BCUT2D eigenvalue weighted by Crippen LogP contribution is -1.98. The van der Waals surface area contributed by atoms with Gasteiger partial charge in [0.1, 0.15) is 6.61 Å². The van der Waals surface area contributed by atoms with Crippen LogP contribution in [-0.2, 0) is 11.9 Å². The first-order chi connectivity index (χ1) is 8.20. The van der Waals surface area contributed by atoms with Crippen molar-refractivity contribution in [3.8, 4) is 5.75 Å². The van der Waals surface area contributed by atoms with Crippen LogP contribution in [0, 0.1) is 5.82 Å². The fourth-order valence-electron chi connectivity index (χ4n) is 1.39. The van der Waals surface area contributed by atoms with Crippen molar-refractivity contribution in [2.45, 2.75) is 11.9 Å². The van der Waals surface area contributed by atoms with Gasteiger partial charge in [-0.15, -0.1) is 11.3 Å². The summed E-state index contributed by atoms with van der Waals surface area (Å²) in [6.45, 7) is 0.332. The van der Waals surface area contributed by atoms with Gasteiger partial charge < -0.3 is 4.74 Å². The minimum atomic E-state index is -0.343. The average molecular weight is 336 g/mol. The lowest BCUT2D eigenvalue weighted by atomic mass is 10.2. The van der Waals surface area contributed by atoms with Crippen LogP contribution in [0.2, 0.25) is 4.34 Å². The van der Waals surface area contributed by atoms with E-state index >= 15 is 0 Å². The van der Waals surface area contributed by atoms with E-state index in [-0.39, 0.29) is 5.82 Å². The van der Waals surface area contributed by atoms with E-state index in [1.807, 2.05) is 12.1 Å². The number of halogens is 3. The van der Waals surface area contributed by atoms with Gasteiger partial charge in [0.05, 0.1) is 4.34 Å². The van der Waals surface area contributed by atoms with E-state index in [0.29, 0.717) is 22.0 Å². The molecule has 0 saturated carbocycles. The Hall–Kier alpha value is -0.580. The first-order valence-electron chi connectivity index (χ1n) is 4.91. The summed E-state index contributed by atoms with van der Waals surface area (Å²) in [6.07, 6.45) is 0. The lowest BCUT2D eigenvalue weighted by Gasteiger charge is -2.09. The molecule has 0 amide bonds. The molecule has 1 heterocycles. The van der Waals surface area contributed by atoms with Gasteiger partial charge in [-0.1, -0.05) is 39.7 Å². The van der Waals surface area contributed by atoms with Crippen LogP contribution in [-0.4, -0.2) is 0 Å². The summed E-state index contributed by atoms with van der Waals surface area (Å²) in [7, 11) is 0. The highest BCUT2D eigenvalue weighted by Gasteiger charge is 2.09. The quantitative estimate of drug-likeness (QED) is 0.713. The highest BCUT2D eigenvalue weighted by molar-refractivity contribution is 9.08. The molecule has 0 aliphatic carbocycles. The van der Waals surface area contributed by atoms with Crippen molar-refractivity contribution in [1.82, 2.24) is 0 Å². The van der Waals surface area contributed by atoms with E-state index in [1.54, 1.807) is 12.1 Å². The van der Waals surface area contributed by atoms with Gasteiger partial charge in [0.25, 0.3) is 0 Å². The first kappa shape index (κ1) is 12.9. The van der Waals surface area contributed by atoms with E-state index < -0.39 is 0 Å². The molecule has 0 saturated heterocycles. The summed E-state index contributed by atoms with van der Waals surface area (Å²) < 4.78 is 19.8. The Morgan fingerprint density at radius 1 is 1.29 bits per heavy atom. The van der Waals surface area contributed by atoms with Crippen molar-refractivity contribution in [2.24, 2.45) is 0 Å². The number of para-hydroxylation sites is 1. The van der Waals surface area contributed by atoms with Crippen LogP contribution in [0.5, 0.6) is 5.75 Å². The van der Waals surface area contributed by atoms with Gasteiger partial charge in [-0.2, -0.15) is 0 Å². The van der Waals surface area contributed by atoms with Gasteiger partial charge >= 0.3 is 0 Å². The maximum atomic E-state index is 13.6. The molecule has 0 radical (unpaired) electrons. The zero-order valence-electron chi connectivity index (χ0n) is 8.75. The Morgan fingerprint density at radius 2 is 2.12 bits per heavy atom. The minimum Gasteiger partial charge on any atom is -0.485 e. The molecule has 0 bridgehead atoms. The van der Waals surface area contributed by atoms with Crippen molar-refractivity contribution < 1.29 is 9.13 Å². The number of benzene rings is 1. The van der Waals surface area contributed by atoms with E-state index in [1.165, 1.54) is 17.4 Å². The molecule has 0 unspecified atom stereocenters. The maximum absolute atomic E-state index is 13.6. The second kappa shape index (κ2) is 5.85. The molecule has 2 aromatic rings. The number of thiophene rings is 1. The number of hydrogen-bond acceptors (Lipinski definition) is 2. The van der Waals surface area contributed by atoms with E-state index in [2.05, 4.69) is 15.9 Å². The second-order valence-corrected chi connectivity index (χ2v) is 5.72. The van der Waals surface area contributed by atoms with E-state index in [9.17, 15) is 4.39 Å². The summed E-state index contributed by atoms with van der Waals surface area (Å²) >= 11 is 10.6. The van der Waals surface area contributed by atoms with E-state index in [0.717, 1.165) is 10.4 Å². The topological polar surface area (TPSA) is 9.23 Å². The predicted octanol–water partition coefficient (Wildman–Crippen LogP) is 5.01. The van der Waals surface area contributed by atoms with Crippen LogP contribution in [0.3, 0.4) is 0 Å². The first-order valence-corrected chi connectivity index (χ1v) is 7.22. The molecule has 0 spiro atoms. The van der Waals surface area contributed by atoms with Crippen LogP contribution in [0.15, 0.2) is 30.3 Å². The maximum Gasteiger partial charge on any atom is 0.165 e. The summed E-state index contributed by atoms with van der Waals surface area (Å²) in [5.41, 5.74) is 0.799. The molecule has 90 valence electrons. The normalized spacial score (nSPS) is 10.5. The summed E-state index contributed by atoms with van der Waals surface area (Å²) in [5, 5.41) is 0.561. The SMILES string of the molecule is Fc1cccc(CBr)c1OCc1ccc(Cl)s1. The van der Waals surface area contributed by atoms with Crippen molar-refractivity contribution >= 4 is 38.9 Å². The Morgan fingerprint density at radius 3 is 2.76 bits per heavy atom. The Labute approximate surface area is 116 Å². The molecule has 1 aromatic heterocycles. The molecule has 17 heavy (non-hydrogen) atoms. The predicted molar refractivity (Wildman–Crippen MR) is 72.7 cm³/mol. The molecule has 5 heteroatoms. The van der Waals surface area contributed by atoms with Crippen LogP contribution < -0.4 is 4.74 Å². The summed E-state index contributed by atoms with van der Waals surface area (Å²) in [6, 6.07) is 8.57. The molecule has 1 nitrogen and oxygen atoms in total. The smallest absolute Gasteiger partial charge is 0.165 e. The summed E-state index contributed by atoms with van der Waals surface area (Å²) in [4.78, 5) is 0.971. The molecule has 2 rings (SSSR count).